The molecule has 0 amide bonds. The average molecular weight is 645 g/mol. The lowest BCUT2D eigenvalue weighted by atomic mass is 10.1. The van der Waals surface area contributed by atoms with Crippen LogP contribution in [0.2, 0.25) is 0 Å². The van der Waals surface area contributed by atoms with Gasteiger partial charge in [-0.25, -0.2) is 9.97 Å². The van der Waals surface area contributed by atoms with Crippen molar-refractivity contribution >= 4 is 57.7 Å². The van der Waals surface area contributed by atoms with E-state index in [1.165, 1.54) is 0 Å². The second-order valence-electron chi connectivity index (χ2n) is 12.2. The zero-order chi connectivity index (χ0) is 34.8. The highest BCUT2D eigenvalue weighted by Gasteiger charge is 2.15. The van der Waals surface area contributed by atoms with Crippen LogP contribution < -0.4 is 9.80 Å². The van der Waals surface area contributed by atoms with E-state index in [2.05, 4.69) is 55.3 Å². The second kappa shape index (κ2) is 13.2. The maximum Gasteiger partial charge on any atom is 0.0816 e. The molecule has 6 nitrogen and oxygen atoms in total. The van der Waals surface area contributed by atoms with Gasteiger partial charge in [-0.3, -0.25) is 0 Å². The number of aromatic amines is 2. The van der Waals surface area contributed by atoms with Gasteiger partial charge in [0, 0.05) is 50.7 Å². The van der Waals surface area contributed by atoms with Crippen LogP contribution in [0.1, 0.15) is 56.2 Å². The van der Waals surface area contributed by atoms with E-state index in [-0.39, 0.29) is 0 Å². The Bertz CT molecular complexity index is 2440. The van der Waals surface area contributed by atoms with Crippen LogP contribution >= 0.6 is 0 Å². The fourth-order valence-electron chi connectivity index (χ4n) is 5.73. The summed E-state index contributed by atoms with van der Waals surface area (Å²) >= 11 is 0. The monoisotopic (exact) mass is 644 g/mol. The summed E-state index contributed by atoms with van der Waals surface area (Å²) in [7, 11) is 8.05. The average Bonchev–Trinajstić information content (AvgIpc) is 3.96. The fraction of sp³-hybridized carbons (Fsp3) is 0.0909. The van der Waals surface area contributed by atoms with Gasteiger partial charge >= 0.3 is 0 Å². The third-order valence-electron chi connectivity index (χ3n) is 8.47. The van der Waals surface area contributed by atoms with E-state index in [4.69, 9.17) is 22.8 Å². The van der Waals surface area contributed by atoms with Crippen molar-refractivity contribution in [3.05, 3.63) is 129 Å². The van der Waals surface area contributed by atoms with Gasteiger partial charge in [0.1, 0.15) is 0 Å². The lowest BCUT2D eigenvalue weighted by molar-refractivity contribution is 1.13. The highest BCUT2D eigenvalue weighted by atomic mass is 15.1. The zero-order valence-electron chi connectivity index (χ0n) is 28.2. The van der Waals surface area contributed by atoms with Gasteiger partial charge in [-0.15, -0.1) is 12.8 Å². The predicted molar refractivity (Wildman–Crippen MR) is 208 cm³/mol. The van der Waals surface area contributed by atoms with Crippen molar-refractivity contribution in [2.75, 3.05) is 38.0 Å². The smallest absolute Gasteiger partial charge is 0.0816 e. The van der Waals surface area contributed by atoms with E-state index in [0.717, 1.165) is 44.6 Å². The molecule has 7 rings (SSSR count). The van der Waals surface area contributed by atoms with E-state index in [9.17, 15) is 0 Å². The van der Waals surface area contributed by atoms with Crippen LogP contribution in [0.15, 0.2) is 72.8 Å². The van der Waals surface area contributed by atoms with Crippen molar-refractivity contribution in [3.63, 3.8) is 0 Å². The molecule has 0 spiro atoms. The number of anilines is 2. The number of rotatable bonds is 2. The second-order valence-corrected chi connectivity index (χ2v) is 12.2. The molecular weight excluding hydrogens is 613 g/mol. The van der Waals surface area contributed by atoms with Gasteiger partial charge in [0.2, 0.25) is 0 Å². The molecule has 0 atom stereocenters. The quantitative estimate of drug-likeness (QED) is 0.191. The predicted octanol–water partition coefficient (Wildman–Crippen LogP) is 7.55. The number of nitrogens with zero attached hydrogens (tertiary/aromatic N) is 4. The van der Waals surface area contributed by atoms with Crippen LogP contribution in [0.25, 0.3) is 46.4 Å². The van der Waals surface area contributed by atoms with E-state index >= 15 is 0 Å². The SMILES string of the molecule is C#Cc1c2nc(c(C#Cc3ccc(N(C)C)cc3)c3ccc([nH]3)c(C#C)c3ccc([nH]3)c(C#Cc3ccc(N(C)C)cc3)c3nc1C=C3)C=C2. The number of aromatic nitrogens is 4. The molecule has 3 aromatic heterocycles. The first-order valence-corrected chi connectivity index (χ1v) is 16.0. The minimum absolute atomic E-state index is 0.579. The molecule has 5 heterocycles. The van der Waals surface area contributed by atoms with Crippen LogP contribution in [0.5, 0.6) is 0 Å². The normalized spacial score (nSPS) is 11.1. The third-order valence-corrected chi connectivity index (χ3v) is 8.47. The van der Waals surface area contributed by atoms with Crippen LogP contribution in [0.4, 0.5) is 11.4 Å². The largest absolute Gasteiger partial charge is 0.378 e. The van der Waals surface area contributed by atoms with E-state index < -0.39 is 0 Å². The van der Waals surface area contributed by atoms with Crippen molar-refractivity contribution in [2.24, 2.45) is 0 Å². The first kappa shape index (κ1) is 31.5. The van der Waals surface area contributed by atoms with E-state index in [1.807, 2.05) is 125 Å². The standard InChI is InChI=1S/C44H32N6/c1-7-33-37-21-25-41(45-37)35(19-13-29-9-15-31(16-10-29)49(3)4)43-27-23-39(47-43)34(8-2)40-24-28-44(48-40)36(42-26-22-38(33)46-42)20-14-30-11-17-32(18-12-30)50(5)6/h1-2,9-12,15-18,21-28,45-46H,3-6H3. The number of H-pyrrole nitrogens is 2. The molecule has 0 fully saturated rings. The van der Waals surface area contributed by atoms with Gasteiger partial charge in [-0.2, -0.15) is 0 Å². The Kier molecular flexibility index (Phi) is 8.30. The summed E-state index contributed by atoms with van der Waals surface area (Å²) in [5.41, 5.74) is 12.4. The molecule has 8 bridgehead atoms. The molecule has 5 aromatic rings. The minimum Gasteiger partial charge on any atom is -0.378 e. The molecule has 2 aliphatic heterocycles. The van der Waals surface area contributed by atoms with Crippen LogP contribution in [0, 0.1) is 48.4 Å². The number of terminal acetylenes is 2. The molecule has 0 aliphatic carbocycles. The molecule has 6 heteroatoms. The first-order chi connectivity index (χ1) is 24.3. The number of benzene rings is 2. The van der Waals surface area contributed by atoms with Crippen molar-refractivity contribution in [1.29, 1.82) is 0 Å². The Morgan fingerprint density at radius 2 is 0.780 bits per heavy atom. The number of hydrogen-bond acceptors (Lipinski definition) is 4. The Morgan fingerprint density at radius 3 is 1.12 bits per heavy atom. The molecule has 2 aliphatic rings. The molecular formula is C44H32N6. The minimum atomic E-state index is 0.579. The summed E-state index contributed by atoms with van der Waals surface area (Å²) in [4.78, 5) is 21.1. The van der Waals surface area contributed by atoms with E-state index in [0.29, 0.717) is 45.0 Å². The zero-order valence-corrected chi connectivity index (χ0v) is 28.2. The number of hydrogen-bond donors (Lipinski definition) is 2. The Morgan fingerprint density at radius 1 is 0.440 bits per heavy atom. The maximum absolute atomic E-state index is 6.14. The highest BCUT2D eigenvalue weighted by Crippen LogP contribution is 2.27. The van der Waals surface area contributed by atoms with Gasteiger partial charge in [0.25, 0.3) is 0 Å². The Labute approximate surface area is 292 Å². The summed E-state index contributed by atoms with van der Waals surface area (Å²) in [6.07, 6.45) is 19.9. The lowest BCUT2D eigenvalue weighted by Gasteiger charge is -2.11. The summed E-state index contributed by atoms with van der Waals surface area (Å²) in [5.74, 6) is 19.1. The van der Waals surface area contributed by atoms with Crippen molar-refractivity contribution in [1.82, 2.24) is 19.9 Å². The Hall–Kier alpha value is -7.12. The van der Waals surface area contributed by atoms with Gasteiger partial charge in [-0.05, 0) is 97.1 Å². The van der Waals surface area contributed by atoms with Gasteiger partial charge in [0.05, 0.1) is 67.1 Å². The third kappa shape index (κ3) is 6.14. The van der Waals surface area contributed by atoms with Crippen LogP contribution in [-0.2, 0) is 0 Å². The summed E-state index contributed by atoms with van der Waals surface area (Å²) in [5, 5.41) is 0. The maximum atomic E-state index is 6.14. The topological polar surface area (TPSA) is 63.8 Å². The lowest BCUT2D eigenvalue weighted by Crippen LogP contribution is -2.07. The summed E-state index contributed by atoms with van der Waals surface area (Å²) < 4.78 is 0. The molecule has 238 valence electrons. The molecule has 0 radical (unpaired) electrons. The first-order valence-electron chi connectivity index (χ1n) is 16.0. The van der Waals surface area contributed by atoms with Crippen LogP contribution in [-0.4, -0.2) is 48.1 Å². The number of nitrogens with one attached hydrogen (secondary N) is 2. The highest BCUT2D eigenvalue weighted by molar-refractivity contribution is 5.87. The van der Waals surface area contributed by atoms with Crippen molar-refractivity contribution in [2.45, 2.75) is 0 Å². The molecule has 2 N–H and O–H groups in total. The summed E-state index contributed by atoms with van der Waals surface area (Å²) in [6, 6.07) is 24.1. The van der Waals surface area contributed by atoms with Gasteiger partial charge < -0.3 is 19.8 Å². The molecule has 2 aromatic carbocycles. The molecule has 0 unspecified atom stereocenters. The van der Waals surface area contributed by atoms with Gasteiger partial charge in [0.15, 0.2) is 0 Å². The molecule has 0 saturated carbocycles. The van der Waals surface area contributed by atoms with Crippen molar-refractivity contribution in [3.8, 4) is 48.4 Å². The van der Waals surface area contributed by atoms with Gasteiger partial charge in [-0.1, -0.05) is 35.5 Å². The number of fused-ring (bicyclic) bond motifs is 8. The molecule has 0 saturated heterocycles. The van der Waals surface area contributed by atoms with E-state index in [1.54, 1.807) is 0 Å². The summed E-state index contributed by atoms with van der Waals surface area (Å²) in [6.45, 7) is 0. The van der Waals surface area contributed by atoms with Crippen LogP contribution in [0.3, 0.4) is 0 Å². The fourth-order valence-corrected chi connectivity index (χ4v) is 5.73. The Balaban J connectivity index is 1.49. The van der Waals surface area contributed by atoms with Crippen molar-refractivity contribution < 1.29 is 0 Å². The molecule has 50 heavy (non-hydrogen) atoms.